The van der Waals surface area contributed by atoms with E-state index in [1.165, 1.54) is 18.2 Å². The van der Waals surface area contributed by atoms with Crippen molar-refractivity contribution in [3.8, 4) is 22.7 Å². The molecule has 0 saturated carbocycles. The summed E-state index contributed by atoms with van der Waals surface area (Å²) in [4.78, 5) is 13.5. The number of benzene rings is 4. The van der Waals surface area contributed by atoms with Gasteiger partial charge in [0.2, 0.25) is 0 Å². The van der Waals surface area contributed by atoms with Crippen molar-refractivity contribution in [3.63, 3.8) is 0 Å². The smallest absolute Gasteiger partial charge is 0.263 e. The zero-order chi connectivity index (χ0) is 20.7. The Morgan fingerprint density at radius 3 is 2.30 bits per heavy atom. The highest BCUT2D eigenvalue weighted by atomic mass is 19.1. The van der Waals surface area contributed by atoms with Crippen LogP contribution < -0.4 is 10.3 Å². The van der Waals surface area contributed by atoms with Crippen LogP contribution in [0.1, 0.15) is 0 Å². The second-order valence-corrected chi connectivity index (χ2v) is 7.16. The van der Waals surface area contributed by atoms with Crippen molar-refractivity contribution < 1.29 is 9.13 Å². The fourth-order valence-electron chi connectivity index (χ4n) is 3.84. The van der Waals surface area contributed by atoms with Gasteiger partial charge in [-0.25, -0.2) is 4.39 Å². The van der Waals surface area contributed by atoms with Gasteiger partial charge in [0.05, 0.1) is 12.8 Å². The highest BCUT2D eigenvalue weighted by Gasteiger charge is 2.14. The van der Waals surface area contributed by atoms with E-state index in [9.17, 15) is 9.18 Å². The van der Waals surface area contributed by atoms with E-state index in [2.05, 4.69) is 6.07 Å². The molecule has 0 radical (unpaired) electrons. The molecule has 1 heterocycles. The SMILES string of the molecule is COc1ccc(-n2c(-c3ccc4ccccc4c3)cc3cc(F)ccc3c2=O)cc1. The Hall–Kier alpha value is -3.92. The third-order valence-corrected chi connectivity index (χ3v) is 5.36. The van der Waals surface area contributed by atoms with Crippen molar-refractivity contribution in [2.45, 2.75) is 0 Å². The minimum atomic E-state index is -0.367. The molecule has 0 N–H and O–H groups in total. The second-order valence-electron chi connectivity index (χ2n) is 7.16. The molecule has 0 spiro atoms. The lowest BCUT2D eigenvalue weighted by Gasteiger charge is -2.16. The Morgan fingerprint density at radius 2 is 1.53 bits per heavy atom. The molecule has 30 heavy (non-hydrogen) atoms. The van der Waals surface area contributed by atoms with Gasteiger partial charge in [-0.1, -0.05) is 36.4 Å². The largest absolute Gasteiger partial charge is 0.497 e. The van der Waals surface area contributed by atoms with Gasteiger partial charge in [-0.2, -0.15) is 0 Å². The standard InChI is InChI=1S/C26H18FNO2/c1-30-23-11-9-22(10-12-23)28-25(16-20-15-21(27)8-13-24(20)26(28)29)19-7-6-17-4-2-3-5-18(17)14-19/h2-16H,1H3. The Kier molecular flexibility index (Phi) is 4.32. The maximum absolute atomic E-state index is 13.9. The van der Waals surface area contributed by atoms with E-state index in [1.807, 2.05) is 66.7 Å². The first kappa shape index (κ1) is 18.1. The molecule has 0 bridgehead atoms. The normalized spacial score (nSPS) is 11.1. The van der Waals surface area contributed by atoms with Gasteiger partial charge in [0.25, 0.3) is 5.56 Å². The number of ether oxygens (including phenoxy) is 1. The molecule has 3 nitrogen and oxygen atoms in total. The molecule has 0 aliphatic carbocycles. The summed E-state index contributed by atoms with van der Waals surface area (Å²) >= 11 is 0. The number of aromatic nitrogens is 1. The quantitative estimate of drug-likeness (QED) is 0.377. The third kappa shape index (κ3) is 3.03. The van der Waals surface area contributed by atoms with Crippen molar-refractivity contribution in [1.29, 1.82) is 0 Å². The van der Waals surface area contributed by atoms with Gasteiger partial charge >= 0.3 is 0 Å². The number of halogens is 1. The number of hydrogen-bond donors (Lipinski definition) is 0. The van der Waals surface area contributed by atoms with Crippen molar-refractivity contribution >= 4 is 21.5 Å². The van der Waals surface area contributed by atoms with Gasteiger partial charge in [0, 0.05) is 11.1 Å². The van der Waals surface area contributed by atoms with Crippen LogP contribution in [0.5, 0.6) is 5.75 Å². The lowest BCUT2D eigenvalue weighted by atomic mass is 10.0. The fourth-order valence-corrected chi connectivity index (χ4v) is 3.84. The molecule has 146 valence electrons. The summed E-state index contributed by atoms with van der Waals surface area (Å²) in [7, 11) is 1.60. The van der Waals surface area contributed by atoms with Gasteiger partial charge in [0.1, 0.15) is 11.6 Å². The Morgan fingerprint density at radius 1 is 0.767 bits per heavy atom. The summed E-state index contributed by atoms with van der Waals surface area (Å²) < 4.78 is 20.8. The first-order chi connectivity index (χ1) is 14.6. The lowest BCUT2D eigenvalue weighted by molar-refractivity contribution is 0.414. The number of fused-ring (bicyclic) bond motifs is 2. The van der Waals surface area contributed by atoms with E-state index in [0.29, 0.717) is 22.2 Å². The van der Waals surface area contributed by atoms with Crippen LogP contribution in [0, 0.1) is 5.82 Å². The van der Waals surface area contributed by atoms with Crippen LogP contribution in [-0.2, 0) is 0 Å². The highest BCUT2D eigenvalue weighted by Crippen LogP contribution is 2.29. The maximum Gasteiger partial charge on any atom is 0.263 e. The molecule has 0 unspecified atom stereocenters. The van der Waals surface area contributed by atoms with Gasteiger partial charge in [-0.3, -0.25) is 9.36 Å². The van der Waals surface area contributed by atoms with Gasteiger partial charge in [-0.15, -0.1) is 0 Å². The number of methoxy groups -OCH3 is 1. The number of hydrogen-bond acceptors (Lipinski definition) is 2. The summed E-state index contributed by atoms with van der Waals surface area (Å²) in [6.07, 6.45) is 0. The van der Waals surface area contributed by atoms with E-state index in [4.69, 9.17) is 4.74 Å². The topological polar surface area (TPSA) is 31.2 Å². The van der Waals surface area contributed by atoms with E-state index in [1.54, 1.807) is 11.7 Å². The van der Waals surface area contributed by atoms with Crippen LogP contribution in [0.4, 0.5) is 4.39 Å². The van der Waals surface area contributed by atoms with Crippen molar-refractivity contribution in [2.75, 3.05) is 7.11 Å². The summed E-state index contributed by atoms with van der Waals surface area (Å²) in [6.45, 7) is 0. The predicted molar refractivity (Wildman–Crippen MR) is 119 cm³/mol. The zero-order valence-electron chi connectivity index (χ0n) is 16.3. The van der Waals surface area contributed by atoms with E-state index < -0.39 is 0 Å². The molecule has 1 aromatic heterocycles. The minimum Gasteiger partial charge on any atom is -0.497 e. The van der Waals surface area contributed by atoms with E-state index in [0.717, 1.165) is 22.0 Å². The summed E-state index contributed by atoms with van der Waals surface area (Å²) in [6, 6.07) is 27.6. The molecule has 0 saturated heterocycles. The summed E-state index contributed by atoms with van der Waals surface area (Å²) in [5.74, 6) is 0.343. The van der Waals surface area contributed by atoms with Crippen LogP contribution in [0.25, 0.3) is 38.5 Å². The zero-order valence-corrected chi connectivity index (χ0v) is 16.3. The summed E-state index contributed by atoms with van der Waals surface area (Å²) in [5, 5.41) is 3.24. The van der Waals surface area contributed by atoms with Crippen molar-refractivity contribution in [1.82, 2.24) is 4.57 Å². The molecule has 4 heteroatoms. The lowest BCUT2D eigenvalue weighted by Crippen LogP contribution is -2.20. The molecule has 0 aliphatic heterocycles. The first-order valence-electron chi connectivity index (χ1n) is 9.63. The number of nitrogens with zero attached hydrogens (tertiary/aromatic N) is 1. The van der Waals surface area contributed by atoms with Crippen LogP contribution in [0.15, 0.2) is 95.8 Å². The number of rotatable bonds is 3. The molecular weight excluding hydrogens is 377 g/mol. The average Bonchev–Trinajstić information content (AvgIpc) is 2.78. The van der Waals surface area contributed by atoms with Gasteiger partial charge in [-0.05, 0) is 76.3 Å². The van der Waals surface area contributed by atoms with Gasteiger partial charge in [0.15, 0.2) is 0 Å². The molecule has 0 atom stereocenters. The predicted octanol–water partition coefficient (Wildman–Crippen LogP) is 5.96. The minimum absolute atomic E-state index is 0.194. The van der Waals surface area contributed by atoms with Crippen LogP contribution >= 0.6 is 0 Å². The van der Waals surface area contributed by atoms with Crippen molar-refractivity contribution in [2.24, 2.45) is 0 Å². The fraction of sp³-hybridized carbons (Fsp3) is 0.0385. The Balaban J connectivity index is 1.84. The van der Waals surface area contributed by atoms with E-state index in [-0.39, 0.29) is 11.4 Å². The molecule has 5 rings (SSSR count). The molecule has 4 aromatic carbocycles. The second kappa shape index (κ2) is 7.16. The van der Waals surface area contributed by atoms with Crippen molar-refractivity contribution in [3.05, 3.63) is 107 Å². The van der Waals surface area contributed by atoms with Crippen LogP contribution in [0.2, 0.25) is 0 Å². The maximum atomic E-state index is 13.9. The monoisotopic (exact) mass is 395 g/mol. The Labute approximate surface area is 172 Å². The highest BCUT2D eigenvalue weighted by molar-refractivity contribution is 5.90. The van der Waals surface area contributed by atoms with Crippen LogP contribution in [0.3, 0.4) is 0 Å². The molecule has 0 aliphatic rings. The summed E-state index contributed by atoms with van der Waals surface area (Å²) in [5.41, 5.74) is 2.11. The van der Waals surface area contributed by atoms with E-state index >= 15 is 0 Å². The molecule has 5 aromatic rings. The van der Waals surface area contributed by atoms with Crippen LogP contribution in [-0.4, -0.2) is 11.7 Å². The molecule has 0 fully saturated rings. The third-order valence-electron chi connectivity index (χ3n) is 5.36. The van der Waals surface area contributed by atoms with Gasteiger partial charge < -0.3 is 4.74 Å². The number of pyridine rings is 1. The first-order valence-corrected chi connectivity index (χ1v) is 9.63. The molecule has 0 amide bonds. The average molecular weight is 395 g/mol. The Bertz CT molecular complexity index is 1450. The molecular formula is C26H18FNO2.